The summed E-state index contributed by atoms with van der Waals surface area (Å²) in [6, 6.07) is 15.5. The molecule has 2 aromatic carbocycles. The zero-order valence-corrected chi connectivity index (χ0v) is 16.7. The fraction of sp³-hybridized carbons (Fsp3) is 0.333. The molecule has 0 aliphatic carbocycles. The second-order valence-corrected chi connectivity index (χ2v) is 7.50. The molecule has 1 aliphatic rings. The van der Waals surface area contributed by atoms with E-state index >= 15 is 0 Å². The average molecular weight is 398 g/mol. The fourth-order valence-corrected chi connectivity index (χ4v) is 4.18. The highest BCUT2D eigenvalue weighted by Gasteiger charge is 2.20. The summed E-state index contributed by atoms with van der Waals surface area (Å²) >= 11 is 1.57. The van der Waals surface area contributed by atoms with Crippen LogP contribution in [-0.4, -0.2) is 61.7 Å². The molecule has 2 heterocycles. The Morgan fingerprint density at radius 3 is 2.57 bits per heavy atom. The second kappa shape index (κ2) is 8.58. The highest BCUT2D eigenvalue weighted by atomic mass is 32.1. The minimum absolute atomic E-state index is 0.336. The van der Waals surface area contributed by atoms with Crippen molar-refractivity contribution in [3.8, 4) is 5.75 Å². The molecule has 0 spiro atoms. The molecule has 1 aromatic heterocycles. The first-order valence-corrected chi connectivity index (χ1v) is 10.1. The van der Waals surface area contributed by atoms with E-state index in [9.17, 15) is 4.79 Å². The van der Waals surface area contributed by atoms with Crippen molar-refractivity contribution in [1.29, 1.82) is 0 Å². The molecule has 146 valence electrons. The van der Waals surface area contributed by atoms with Crippen molar-refractivity contribution >= 4 is 33.4 Å². The lowest BCUT2D eigenvalue weighted by Gasteiger charge is -2.34. The quantitative estimate of drug-likeness (QED) is 0.595. The number of aromatic nitrogens is 1. The van der Waals surface area contributed by atoms with Gasteiger partial charge in [0.05, 0.1) is 17.4 Å². The summed E-state index contributed by atoms with van der Waals surface area (Å²) in [7, 11) is 1.38. The Morgan fingerprint density at radius 2 is 1.82 bits per heavy atom. The lowest BCUT2D eigenvalue weighted by atomic mass is 10.2. The second-order valence-electron chi connectivity index (χ2n) is 6.70. The van der Waals surface area contributed by atoms with Gasteiger partial charge in [-0.3, -0.25) is 4.90 Å². The molecule has 1 fully saturated rings. The van der Waals surface area contributed by atoms with Crippen LogP contribution in [0.2, 0.25) is 0 Å². The number of benzene rings is 2. The van der Waals surface area contributed by atoms with E-state index < -0.39 is 0 Å². The molecule has 0 N–H and O–H groups in total. The standard InChI is InChI=1S/C21H23N3O3S/c1-26-21(25)16-6-8-17(9-7-16)27-15-14-23-10-12-24(13-11-23)20-18-4-2-3-5-19(18)28-22-20/h2-9H,10-15H2,1H3. The molecule has 0 unspecified atom stereocenters. The fourth-order valence-electron chi connectivity index (χ4n) is 3.38. The SMILES string of the molecule is COC(=O)c1ccc(OCCN2CCN(c3nsc4ccccc34)CC2)cc1. The van der Waals surface area contributed by atoms with Crippen molar-refractivity contribution in [2.75, 3.05) is 51.3 Å². The Labute approximate surface area is 168 Å². The molecule has 0 atom stereocenters. The topological polar surface area (TPSA) is 54.9 Å². The maximum atomic E-state index is 11.5. The van der Waals surface area contributed by atoms with Gasteiger partial charge in [-0.15, -0.1) is 0 Å². The molecular weight excluding hydrogens is 374 g/mol. The predicted octanol–water partition coefficient (Wildman–Crippen LogP) is 3.28. The number of fused-ring (bicyclic) bond motifs is 1. The van der Waals surface area contributed by atoms with Crippen LogP contribution in [0.25, 0.3) is 10.1 Å². The molecular formula is C21H23N3O3S. The Bertz CT molecular complexity index is 933. The van der Waals surface area contributed by atoms with Crippen LogP contribution in [-0.2, 0) is 4.74 Å². The molecule has 1 aliphatic heterocycles. The molecule has 3 aromatic rings. The first-order valence-electron chi connectivity index (χ1n) is 9.37. The van der Waals surface area contributed by atoms with Crippen LogP contribution in [0.5, 0.6) is 5.75 Å². The van der Waals surface area contributed by atoms with Gasteiger partial charge in [0.2, 0.25) is 0 Å². The van der Waals surface area contributed by atoms with Crippen LogP contribution >= 0.6 is 11.5 Å². The van der Waals surface area contributed by atoms with E-state index in [4.69, 9.17) is 9.47 Å². The van der Waals surface area contributed by atoms with E-state index in [1.54, 1.807) is 35.8 Å². The zero-order valence-electron chi connectivity index (χ0n) is 15.8. The Kier molecular flexibility index (Phi) is 5.73. The summed E-state index contributed by atoms with van der Waals surface area (Å²) in [6.45, 7) is 5.44. The molecule has 0 bridgehead atoms. The van der Waals surface area contributed by atoms with Gasteiger partial charge in [0.25, 0.3) is 0 Å². The summed E-state index contributed by atoms with van der Waals surface area (Å²) < 4.78 is 16.4. The molecule has 4 rings (SSSR count). The van der Waals surface area contributed by atoms with E-state index in [2.05, 4.69) is 38.4 Å². The molecule has 1 saturated heterocycles. The summed E-state index contributed by atoms with van der Waals surface area (Å²) in [4.78, 5) is 16.2. The zero-order chi connectivity index (χ0) is 19.3. The van der Waals surface area contributed by atoms with Gasteiger partial charge in [0.1, 0.15) is 18.2 Å². The van der Waals surface area contributed by atoms with Crippen molar-refractivity contribution in [2.24, 2.45) is 0 Å². The monoisotopic (exact) mass is 397 g/mol. The third kappa shape index (κ3) is 4.10. The van der Waals surface area contributed by atoms with E-state index in [1.165, 1.54) is 17.2 Å². The lowest BCUT2D eigenvalue weighted by Crippen LogP contribution is -2.47. The number of hydrogen-bond acceptors (Lipinski definition) is 7. The average Bonchev–Trinajstić information content (AvgIpc) is 3.18. The Hall–Kier alpha value is -2.64. The number of carbonyl (C=O) groups excluding carboxylic acids is 1. The van der Waals surface area contributed by atoms with Gasteiger partial charge in [-0.05, 0) is 47.9 Å². The number of ether oxygens (including phenoxy) is 2. The van der Waals surface area contributed by atoms with Crippen molar-refractivity contribution in [2.45, 2.75) is 0 Å². The van der Waals surface area contributed by atoms with Gasteiger partial charge < -0.3 is 14.4 Å². The smallest absolute Gasteiger partial charge is 0.337 e. The van der Waals surface area contributed by atoms with Crippen LogP contribution in [0.3, 0.4) is 0 Å². The van der Waals surface area contributed by atoms with Crippen LogP contribution in [0.4, 0.5) is 5.82 Å². The number of piperazine rings is 1. The summed E-state index contributed by atoms with van der Waals surface area (Å²) in [6.07, 6.45) is 0. The Balaban J connectivity index is 1.24. The van der Waals surface area contributed by atoms with Gasteiger partial charge in [-0.2, -0.15) is 4.37 Å². The van der Waals surface area contributed by atoms with Gasteiger partial charge in [0.15, 0.2) is 0 Å². The molecule has 7 heteroatoms. The minimum Gasteiger partial charge on any atom is -0.492 e. The summed E-state index contributed by atoms with van der Waals surface area (Å²) in [5.74, 6) is 1.54. The number of nitrogens with zero attached hydrogens (tertiary/aromatic N) is 3. The van der Waals surface area contributed by atoms with Crippen molar-refractivity contribution in [3.05, 3.63) is 54.1 Å². The van der Waals surface area contributed by atoms with Gasteiger partial charge in [0, 0.05) is 38.1 Å². The van der Waals surface area contributed by atoms with Gasteiger partial charge >= 0.3 is 5.97 Å². The van der Waals surface area contributed by atoms with E-state index in [-0.39, 0.29) is 5.97 Å². The number of rotatable bonds is 6. The van der Waals surface area contributed by atoms with Crippen molar-refractivity contribution in [3.63, 3.8) is 0 Å². The largest absolute Gasteiger partial charge is 0.492 e. The van der Waals surface area contributed by atoms with Crippen molar-refractivity contribution in [1.82, 2.24) is 9.27 Å². The molecule has 0 amide bonds. The third-order valence-electron chi connectivity index (χ3n) is 4.98. The molecule has 28 heavy (non-hydrogen) atoms. The lowest BCUT2D eigenvalue weighted by molar-refractivity contribution is 0.0600. The number of esters is 1. The maximum absolute atomic E-state index is 11.5. The number of carbonyl (C=O) groups is 1. The number of hydrogen-bond donors (Lipinski definition) is 0. The van der Waals surface area contributed by atoms with Crippen molar-refractivity contribution < 1.29 is 14.3 Å². The highest BCUT2D eigenvalue weighted by molar-refractivity contribution is 7.13. The maximum Gasteiger partial charge on any atom is 0.337 e. The number of methoxy groups -OCH3 is 1. The van der Waals surface area contributed by atoms with Gasteiger partial charge in [-0.1, -0.05) is 12.1 Å². The van der Waals surface area contributed by atoms with E-state index in [0.29, 0.717) is 12.2 Å². The highest BCUT2D eigenvalue weighted by Crippen LogP contribution is 2.29. The van der Waals surface area contributed by atoms with Crippen LogP contribution in [0, 0.1) is 0 Å². The Morgan fingerprint density at radius 1 is 1.07 bits per heavy atom. The third-order valence-corrected chi connectivity index (χ3v) is 5.80. The van der Waals surface area contributed by atoms with Gasteiger partial charge in [-0.25, -0.2) is 4.79 Å². The minimum atomic E-state index is -0.336. The van der Waals surface area contributed by atoms with Crippen LogP contribution in [0.1, 0.15) is 10.4 Å². The summed E-state index contributed by atoms with van der Waals surface area (Å²) in [5.41, 5.74) is 0.528. The first kappa shape index (κ1) is 18.7. The van der Waals surface area contributed by atoms with E-state index in [1.807, 2.05) is 0 Å². The normalized spacial score (nSPS) is 15.0. The van der Waals surface area contributed by atoms with Crippen LogP contribution < -0.4 is 9.64 Å². The first-order chi connectivity index (χ1) is 13.7. The van der Waals surface area contributed by atoms with E-state index in [0.717, 1.165) is 44.3 Å². The number of anilines is 1. The molecule has 0 radical (unpaired) electrons. The van der Waals surface area contributed by atoms with Crippen LogP contribution in [0.15, 0.2) is 48.5 Å². The summed E-state index contributed by atoms with van der Waals surface area (Å²) in [5, 5.41) is 1.25. The predicted molar refractivity (Wildman–Crippen MR) is 112 cm³/mol. The molecule has 0 saturated carbocycles. The molecule has 6 nitrogen and oxygen atoms in total.